The molecule has 134 valence electrons. The Hall–Kier alpha value is -1.46. The first-order valence-electron chi connectivity index (χ1n) is 9.02. The summed E-state index contributed by atoms with van der Waals surface area (Å²) in [4.78, 5) is 16.7. The minimum atomic E-state index is -0.420. The Kier molecular flexibility index (Phi) is 7.18. The molecule has 2 aliphatic rings. The number of benzene rings is 1. The number of hydrogen-bond acceptors (Lipinski definition) is 3. The van der Waals surface area contributed by atoms with Crippen molar-refractivity contribution in [2.45, 2.75) is 39.7 Å². The smallest absolute Gasteiger partial charge is 0.256 e. The zero-order valence-electron chi connectivity index (χ0n) is 15.1. The molecule has 2 fully saturated rings. The molecule has 2 aliphatic heterocycles. The van der Waals surface area contributed by atoms with Crippen molar-refractivity contribution < 1.29 is 13.9 Å². The largest absolute Gasteiger partial charge is 0.381 e. The Balaban J connectivity index is 0.00000100. The summed E-state index contributed by atoms with van der Waals surface area (Å²) in [6.45, 7) is 10.6. The molecule has 3 rings (SSSR count). The van der Waals surface area contributed by atoms with E-state index in [0.717, 1.165) is 44.7 Å². The second-order valence-corrected chi connectivity index (χ2v) is 6.16. The second-order valence-electron chi connectivity index (χ2n) is 6.16. The Bertz CT molecular complexity index is 536. The zero-order chi connectivity index (χ0) is 17.5. The number of carbonyl (C=O) groups excluding carboxylic acids is 1. The number of amides is 1. The molecule has 1 aromatic rings. The number of nitrogens with zero attached hydrogens (tertiary/aromatic N) is 2. The summed E-state index contributed by atoms with van der Waals surface area (Å²) in [7, 11) is 0. The van der Waals surface area contributed by atoms with Gasteiger partial charge in [-0.15, -0.1) is 0 Å². The molecule has 0 atom stereocenters. The predicted octanol–water partition coefficient (Wildman–Crippen LogP) is 3.10. The average Bonchev–Trinajstić information content (AvgIpc) is 2.64. The van der Waals surface area contributed by atoms with E-state index < -0.39 is 5.82 Å². The third-order valence-electron chi connectivity index (χ3n) is 4.66. The summed E-state index contributed by atoms with van der Waals surface area (Å²) in [6, 6.07) is 5.37. The maximum atomic E-state index is 14.0. The lowest BCUT2D eigenvalue weighted by molar-refractivity contribution is 0.0136. The van der Waals surface area contributed by atoms with Crippen molar-refractivity contribution in [3.8, 4) is 0 Å². The molecule has 0 aliphatic carbocycles. The fourth-order valence-corrected chi connectivity index (χ4v) is 3.30. The van der Waals surface area contributed by atoms with E-state index in [4.69, 9.17) is 4.74 Å². The van der Waals surface area contributed by atoms with Crippen LogP contribution in [-0.4, -0.2) is 61.1 Å². The van der Waals surface area contributed by atoms with Crippen molar-refractivity contribution >= 4 is 5.91 Å². The summed E-state index contributed by atoms with van der Waals surface area (Å²) in [5.41, 5.74) is 1.02. The fraction of sp³-hybridized carbons (Fsp3) is 0.632. The normalized spacial score (nSPS) is 19.6. The highest BCUT2D eigenvalue weighted by atomic mass is 19.1. The minimum Gasteiger partial charge on any atom is -0.381 e. The molecule has 0 aromatic heterocycles. The van der Waals surface area contributed by atoms with Crippen LogP contribution in [-0.2, 0) is 4.74 Å². The monoisotopic (exact) mass is 336 g/mol. The van der Waals surface area contributed by atoms with Crippen LogP contribution in [0.5, 0.6) is 0 Å². The van der Waals surface area contributed by atoms with Gasteiger partial charge in [-0.25, -0.2) is 4.39 Å². The van der Waals surface area contributed by atoms with Gasteiger partial charge in [0.1, 0.15) is 5.82 Å². The summed E-state index contributed by atoms with van der Waals surface area (Å²) < 4.78 is 19.3. The topological polar surface area (TPSA) is 32.8 Å². The molecular formula is C19H29FN2O2. The molecule has 0 spiro atoms. The second kappa shape index (κ2) is 9.14. The Morgan fingerprint density at radius 1 is 1.12 bits per heavy atom. The molecule has 24 heavy (non-hydrogen) atoms. The van der Waals surface area contributed by atoms with Crippen LogP contribution >= 0.6 is 0 Å². The van der Waals surface area contributed by atoms with Gasteiger partial charge in [-0.05, 0) is 37.5 Å². The van der Waals surface area contributed by atoms with Crippen LogP contribution in [0, 0.1) is 12.7 Å². The number of ether oxygens (including phenoxy) is 1. The van der Waals surface area contributed by atoms with Gasteiger partial charge >= 0.3 is 0 Å². The Morgan fingerprint density at radius 3 is 2.33 bits per heavy atom. The van der Waals surface area contributed by atoms with Crippen LogP contribution in [0.15, 0.2) is 18.2 Å². The van der Waals surface area contributed by atoms with E-state index in [1.807, 2.05) is 20.8 Å². The van der Waals surface area contributed by atoms with E-state index in [1.165, 1.54) is 6.07 Å². The first-order valence-corrected chi connectivity index (χ1v) is 9.02. The van der Waals surface area contributed by atoms with Crippen LogP contribution in [0.4, 0.5) is 4.39 Å². The molecule has 1 amide bonds. The maximum Gasteiger partial charge on any atom is 0.256 e. The predicted molar refractivity (Wildman–Crippen MR) is 93.8 cm³/mol. The molecule has 0 radical (unpaired) electrons. The van der Waals surface area contributed by atoms with Crippen LogP contribution in [0.3, 0.4) is 0 Å². The van der Waals surface area contributed by atoms with E-state index in [1.54, 1.807) is 17.0 Å². The van der Waals surface area contributed by atoms with E-state index in [-0.39, 0.29) is 11.5 Å². The average molecular weight is 336 g/mol. The highest BCUT2D eigenvalue weighted by Crippen LogP contribution is 2.18. The van der Waals surface area contributed by atoms with Gasteiger partial charge in [-0.1, -0.05) is 19.9 Å². The lowest BCUT2D eigenvalue weighted by atomic mass is 10.1. The molecule has 0 N–H and O–H groups in total. The third kappa shape index (κ3) is 4.54. The third-order valence-corrected chi connectivity index (χ3v) is 4.66. The first kappa shape index (κ1) is 18.9. The van der Waals surface area contributed by atoms with Gasteiger partial charge < -0.3 is 9.64 Å². The summed E-state index contributed by atoms with van der Waals surface area (Å²) in [5, 5.41) is 0. The lowest BCUT2D eigenvalue weighted by Crippen LogP contribution is -2.53. The number of aryl methyl sites for hydroxylation is 1. The quantitative estimate of drug-likeness (QED) is 0.832. The molecule has 0 bridgehead atoms. The number of piperazine rings is 1. The van der Waals surface area contributed by atoms with Crippen LogP contribution < -0.4 is 0 Å². The van der Waals surface area contributed by atoms with Gasteiger partial charge in [0, 0.05) is 45.4 Å². The first-order chi connectivity index (χ1) is 11.6. The van der Waals surface area contributed by atoms with E-state index in [0.29, 0.717) is 19.1 Å². The van der Waals surface area contributed by atoms with Crippen LogP contribution in [0.1, 0.15) is 42.6 Å². The Morgan fingerprint density at radius 2 is 1.75 bits per heavy atom. The molecule has 2 heterocycles. The highest BCUT2D eigenvalue weighted by Gasteiger charge is 2.28. The van der Waals surface area contributed by atoms with Gasteiger partial charge in [0.2, 0.25) is 0 Å². The van der Waals surface area contributed by atoms with Crippen molar-refractivity contribution in [3.05, 3.63) is 35.1 Å². The van der Waals surface area contributed by atoms with Crippen molar-refractivity contribution in [3.63, 3.8) is 0 Å². The Labute approximate surface area is 144 Å². The van der Waals surface area contributed by atoms with E-state index in [2.05, 4.69) is 4.90 Å². The molecule has 1 aromatic carbocycles. The molecule has 2 saturated heterocycles. The van der Waals surface area contributed by atoms with Gasteiger partial charge in [-0.2, -0.15) is 0 Å². The van der Waals surface area contributed by atoms with E-state index >= 15 is 0 Å². The molecule has 5 heteroatoms. The van der Waals surface area contributed by atoms with Crippen molar-refractivity contribution in [1.82, 2.24) is 9.80 Å². The molecular weight excluding hydrogens is 307 g/mol. The number of hydrogen-bond donors (Lipinski definition) is 0. The van der Waals surface area contributed by atoms with E-state index in [9.17, 15) is 9.18 Å². The SMILES string of the molecule is CC.Cc1ccc(C(=O)N2CCN(C3CCOCC3)CC2)c(F)c1. The van der Waals surface area contributed by atoms with Crippen molar-refractivity contribution in [2.24, 2.45) is 0 Å². The summed E-state index contributed by atoms with van der Waals surface area (Å²) in [6.07, 6.45) is 2.14. The van der Waals surface area contributed by atoms with Gasteiger partial charge in [0.15, 0.2) is 0 Å². The molecule has 0 saturated carbocycles. The maximum absolute atomic E-state index is 14.0. The van der Waals surface area contributed by atoms with Gasteiger partial charge in [-0.3, -0.25) is 9.69 Å². The van der Waals surface area contributed by atoms with Crippen LogP contribution in [0.2, 0.25) is 0 Å². The van der Waals surface area contributed by atoms with Crippen LogP contribution in [0.25, 0.3) is 0 Å². The summed E-state index contributed by atoms with van der Waals surface area (Å²) >= 11 is 0. The summed E-state index contributed by atoms with van der Waals surface area (Å²) in [5.74, 6) is -0.610. The van der Waals surface area contributed by atoms with Gasteiger partial charge in [0.05, 0.1) is 5.56 Å². The van der Waals surface area contributed by atoms with Crippen molar-refractivity contribution in [1.29, 1.82) is 0 Å². The molecule has 4 nitrogen and oxygen atoms in total. The minimum absolute atomic E-state index is 0.185. The zero-order valence-corrected chi connectivity index (χ0v) is 15.1. The number of halogens is 1. The highest BCUT2D eigenvalue weighted by molar-refractivity contribution is 5.94. The number of rotatable bonds is 2. The van der Waals surface area contributed by atoms with Crippen molar-refractivity contribution in [2.75, 3.05) is 39.4 Å². The standard InChI is InChI=1S/C17H23FN2O2.C2H6/c1-13-2-3-15(16(18)12-13)17(21)20-8-6-19(7-9-20)14-4-10-22-11-5-14;1-2/h2-3,12,14H,4-11H2,1H3;1-2H3. The fourth-order valence-electron chi connectivity index (χ4n) is 3.30. The lowest BCUT2D eigenvalue weighted by Gasteiger charge is -2.40. The van der Waals surface area contributed by atoms with Gasteiger partial charge in [0.25, 0.3) is 5.91 Å². The molecule has 0 unspecified atom stereocenters. The number of carbonyl (C=O) groups is 1.